The Balaban J connectivity index is 2.18. The molecular weight excluding hydrogens is 236 g/mol. The molecule has 0 spiro atoms. The molecule has 6 heteroatoms. The van der Waals surface area contributed by atoms with Crippen molar-refractivity contribution in [3.05, 3.63) is 0 Å². The molecule has 6 nitrogen and oxygen atoms in total. The van der Waals surface area contributed by atoms with Crippen LogP contribution in [-0.4, -0.2) is 49.8 Å². The molecule has 1 fully saturated rings. The molecule has 1 rings (SSSR count). The van der Waals surface area contributed by atoms with Crippen LogP contribution in [0.3, 0.4) is 0 Å². The molecule has 0 aromatic carbocycles. The Bertz CT molecular complexity index is 283. The molecule has 0 aromatic heterocycles. The van der Waals surface area contributed by atoms with E-state index in [1.165, 1.54) is 0 Å². The van der Waals surface area contributed by atoms with Crippen molar-refractivity contribution in [2.75, 3.05) is 26.8 Å². The Hall–Kier alpha value is -1.14. The molecule has 1 aliphatic carbocycles. The second-order valence-electron chi connectivity index (χ2n) is 4.62. The minimum absolute atomic E-state index is 0.0792. The number of nitrogens with one attached hydrogen (secondary N) is 2. The van der Waals surface area contributed by atoms with E-state index < -0.39 is 5.97 Å². The van der Waals surface area contributed by atoms with Crippen molar-refractivity contribution in [3.8, 4) is 0 Å². The average molecular weight is 258 g/mol. The summed E-state index contributed by atoms with van der Waals surface area (Å²) in [5.74, 6) is -1.08. The molecule has 2 unspecified atom stereocenters. The molecule has 0 aliphatic heterocycles. The number of carboxylic acids is 1. The number of rotatable bonds is 7. The highest BCUT2D eigenvalue weighted by molar-refractivity contribution is 5.78. The monoisotopic (exact) mass is 258 g/mol. The van der Waals surface area contributed by atoms with Gasteiger partial charge in [-0.3, -0.25) is 9.59 Å². The Kier molecular flexibility index (Phi) is 6.67. The molecule has 1 saturated carbocycles. The zero-order valence-electron chi connectivity index (χ0n) is 10.8. The maximum Gasteiger partial charge on any atom is 0.306 e. The Morgan fingerprint density at radius 2 is 2.17 bits per heavy atom. The molecule has 0 aromatic rings. The summed E-state index contributed by atoms with van der Waals surface area (Å²) < 4.78 is 4.83. The third-order valence-electron chi connectivity index (χ3n) is 3.20. The maximum absolute atomic E-state index is 11.4. The Labute approximate surface area is 107 Å². The van der Waals surface area contributed by atoms with E-state index in [4.69, 9.17) is 9.84 Å². The predicted octanol–water partition coefficient (Wildman–Crippen LogP) is -0.0180. The van der Waals surface area contributed by atoms with E-state index in [9.17, 15) is 9.59 Å². The number of amides is 1. The van der Waals surface area contributed by atoms with E-state index in [1.54, 1.807) is 7.11 Å². The van der Waals surface area contributed by atoms with Gasteiger partial charge in [-0.05, 0) is 19.3 Å². The molecule has 104 valence electrons. The first-order valence-electron chi connectivity index (χ1n) is 6.35. The predicted molar refractivity (Wildman–Crippen MR) is 66.3 cm³/mol. The molecule has 1 amide bonds. The lowest BCUT2D eigenvalue weighted by atomic mass is 9.86. The van der Waals surface area contributed by atoms with Crippen LogP contribution < -0.4 is 10.6 Å². The summed E-state index contributed by atoms with van der Waals surface area (Å²) in [7, 11) is 1.58. The van der Waals surface area contributed by atoms with Gasteiger partial charge in [-0.15, -0.1) is 0 Å². The van der Waals surface area contributed by atoms with Gasteiger partial charge in [0.15, 0.2) is 0 Å². The lowest BCUT2D eigenvalue weighted by molar-refractivity contribution is -0.143. The molecule has 1 aliphatic rings. The van der Waals surface area contributed by atoms with Gasteiger partial charge in [0.1, 0.15) is 0 Å². The molecule has 0 saturated heterocycles. The fourth-order valence-electron chi connectivity index (χ4n) is 2.19. The molecular formula is C12H22N2O4. The van der Waals surface area contributed by atoms with Crippen LogP contribution in [0.1, 0.15) is 25.7 Å². The molecule has 3 N–H and O–H groups in total. The van der Waals surface area contributed by atoms with Gasteiger partial charge in [0, 0.05) is 19.7 Å². The summed E-state index contributed by atoms with van der Waals surface area (Å²) in [6.07, 6.45) is 3.20. The Morgan fingerprint density at radius 1 is 1.39 bits per heavy atom. The first kappa shape index (κ1) is 14.9. The SMILES string of the molecule is COCCNC(=O)CNC1CCCC(C(=O)O)C1. The van der Waals surface area contributed by atoms with Crippen LogP contribution in [0.25, 0.3) is 0 Å². The largest absolute Gasteiger partial charge is 0.481 e. The van der Waals surface area contributed by atoms with Crippen molar-refractivity contribution in [3.63, 3.8) is 0 Å². The normalized spacial score (nSPS) is 23.6. The van der Waals surface area contributed by atoms with Crippen molar-refractivity contribution in [2.45, 2.75) is 31.7 Å². The summed E-state index contributed by atoms with van der Waals surface area (Å²) in [5, 5.41) is 14.8. The topological polar surface area (TPSA) is 87.7 Å². The summed E-state index contributed by atoms with van der Waals surface area (Å²) in [6, 6.07) is 0.132. The minimum Gasteiger partial charge on any atom is -0.481 e. The number of methoxy groups -OCH3 is 1. The highest BCUT2D eigenvalue weighted by Crippen LogP contribution is 2.24. The molecule has 0 radical (unpaired) electrons. The van der Waals surface area contributed by atoms with Gasteiger partial charge >= 0.3 is 5.97 Å². The number of carboxylic acid groups (broad SMARTS) is 1. The summed E-state index contributed by atoms with van der Waals surface area (Å²) in [5.41, 5.74) is 0. The second kappa shape index (κ2) is 8.05. The van der Waals surface area contributed by atoms with Gasteiger partial charge in [-0.2, -0.15) is 0 Å². The van der Waals surface area contributed by atoms with Gasteiger partial charge in [-0.1, -0.05) is 6.42 Å². The first-order valence-corrected chi connectivity index (χ1v) is 6.35. The second-order valence-corrected chi connectivity index (χ2v) is 4.62. The van der Waals surface area contributed by atoms with Crippen molar-refractivity contribution < 1.29 is 19.4 Å². The lowest BCUT2D eigenvalue weighted by Crippen LogP contribution is -2.42. The van der Waals surface area contributed by atoms with Crippen LogP contribution in [0.4, 0.5) is 0 Å². The number of aliphatic carboxylic acids is 1. The zero-order valence-corrected chi connectivity index (χ0v) is 10.8. The first-order chi connectivity index (χ1) is 8.63. The standard InChI is InChI=1S/C12H22N2O4/c1-18-6-5-13-11(15)8-14-10-4-2-3-9(7-10)12(16)17/h9-10,14H,2-8H2,1H3,(H,13,15)(H,16,17). The lowest BCUT2D eigenvalue weighted by Gasteiger charge is -2.27. The molecule has 2 atom stereocenters. The van der Waals surface area contributed by atoms with Crippen molar-refractivity contribution in [1.29, 1.82) is 0 Å². The third kappa shape index (κ3) is 5.46. The van der Waals surface area contributed by atoms with Gasteiger partial charge < -0.3 is 20.5 Å². The Morgan fingerprint density at radius 3 is 2.83 bits per heavy atom. The van der Waals surface area contributed by atoms with Crippen LogP contribution in [0.2, 0.25) is 0 Å². The van der Waals surface area contributed by atoms with E-state index in [-0.39, 0.29) is 24.4 Å². The highest BCUT2D eigenvalue weighted by Gasteiger charge is 2.26. The van der Waals surface area contributed by atoms with Gasteiger partial charge in [-0.25, -0.2) is 0 Å². The van der Waals surface area contributed by atoms with Crippen molar-refractivity contribution in [1.82, 2.24) is 10.6 Å². The van der Waals surface area contributed by atoms with Crippen molar-refractivity contribution in [2.24, 2.45) is 5.92 Å². The molecule has 0 heterocycles. The van der Waals surface area contributed by atoms with E-state index in [0.717, 1.165) is 19.3 Å². The number of carbonyl (C=O) groups excluding carboxylic acids is 1. The minimum atomic E-state index is -0.731. The quantitative estimate of drug-likeness (QED) is 0.559. The van der Waals surface area contributed by atoms with Crippen LogP contribution in [0, 0.1) is 5.92 Å². The number of carbonyl (C=O) groups is 2. The molecule has 18 heavy (non-hydrogen) atoms. The average Bonchev–Trinajstić information content (AvgIpc) is 2.37. The van der Waals surface area contributed by atoms with E-state index in [2.05, 4.69) is 10.6 Å². The van der Waals surface area contributed by atoms with Gasteiger partial charge in [0.25, 0.3) is 0 Å². The van der Waals surface area contributed by atoms with Crippen LogP contribution in [-0.2, 0) is 14.3 Å². The van der Waals surface area contributed by atoms with Crippen LogP contribution >= 0.6 is 0 Å². The fourth-order valence-corrected chi connectivity index (χ4v) is 2.19. The van der Waals surface area contributed by atoms with E-state index in [0.29, 0.717) is 19.6 Å². The number of hydrogen-bond donors (Lipinski definition) is 3. The van der Waals surface area contributed by atoms with Crippen molar-refractivity contribution >= 4 is 11.9 Å². The van der Waals surface area contributed by atoms with E-state index in [1.807, 2.05) is 0 Å². The highest BCUT2D eigenvalue weighted by atomic mass is 16.5. The van der Waals surface area contributed by atoms with Gasteiger partial charge in [0.05, 0.1) is 19.1 Å². The smallest absolute Gasteiger partial charge is 0.306 e. The summed E-state index contributed by atoms with van der Waals surface area (Å²) in [4.78, 5) is 22.3. The zero-order chi connectivity index (χ0) is 13.4. The third-order valence-corrected chi connectivity index (χ3v) is 3.20. The summed E-state index contributed by atoms with van der Waals surface area (Å²) in [6.45, 7) is 1.23. The van der Waals surface area contributed by atoms with E-state index >= 15 is 0 Å². The number of hydrogen-bond acceptors (Lipinski definition) is 4. The molecule has 0 bridgehead atoms. The summed E-state index contributed by atoms with van der Waals surface area (Å²) >= 11 is 0. The van der Waals surface area contributed by atoms with Gasteiger partial charge in [0.2, 0.25) is 5.91 Å². The number of ether oxygens (including phenoxy) is 1. The van der Waals surface area contributed by atoms with Crippen LogP contribution in [0.15, 0.2) is 0 Å². The maximum atomic E-state index is 11.4. The van der Waals surface area contributed by atoms with Crippen LogP contribution in [0.5, 0.6) is 0 Å². The fraction of sp³-hybridized carbons (Fsp3) is 0.833.